The molecular formula is C16H16F3N. The molecule has 0 saturated heterocycles. The minimum atomic E-state index is -0.653. The maximum Gasteiger partial charge on any atom is 0.133 e. The third-order valence-electron chi connectivity index (χ3n) is 2.99. The summed E-state index contributed by atoms with van der Waals surface area (Å²) in [5.41, 5.74) is 1.25. The van der Waals surface area contributed by atoms with Crippen molar-refractivity contribution in [1.29, 1.82) is 0 Å². The Bertz CT molecular complexity index is 609. The second-order valence-electron chi connectivity index (χ2n) is 4.97. The molecule has 2 aromatic carbocycles. The lowest BCUT2D eigenvalue weighted by Gasteiger charge is -2.11. The van der Waals surface area contributed by atoms with E-state index in [1.165, 1.54) is 24.3 Å². The largest absolute Gasteiger partial charge is 0.310 e. The molecule has 0 spiro atoms. The summed E-state index contributed by atoms with van der Waals surface area (Å²) in [5, 5.41) is 3.11. The summed E-state index contributed by atoms with van der Waals surface area (Å²) in [6.45, 7) is 4.28. The molecule has 2 aromatic rings. The molecule has 0 aliphatic carbocycles. The zero-order chi connectivity index (χ0) is 14.7. The molecule has 0 heterocycles. The second-order valence-corrected chi connectivity index (χ2v) is 4.97. The van der Waals surface area contributed by atoms with Crippen LogP contribution in [-0.2, 0) is 6.54 Å². The van der Waals surface area contributed by atoms with Gasteiger partial charge in [-0.05, 0) is 29.8 Å². The summed E-state index contributed by atoms with van der Waals surface area (Å²) >= 11 is 0. The van der Waals surface area contributed by atoms with Gasteiger partial charge in [-0.15, -0.1) is 0 Å². The number of hydrogen-bond donors (Lipinski definition) is 1. The van der Waals surface area contributed by atoms with Gasteiger partial charge in [0.25, 0.3) is 0 Å². The summed E-state index contributed by atoms with van der Waals surface area (Å²) in [4.78, 5) is 0. The number of hydrogen-bond acceptors (Lipinski definition) is 1. The van der Waals surface area contributed by atoms with Crippen LogP contribution in [0.4, 0.5) is 13.2 Å². The number of benzene rings is 2. The van der Waals surface area contributed by atoms with Gasteiger partial charge in [-0.25, -0.2) is 13.2 Å². The van der Waals surface area contributed by atoms with Crippen LogP contribution in [0.15, 0.2) is 36.4 Å². The lowest BCUT2D eigenvalue weighted by molar-refractivity contribution is 0.553. The van der Waals surface area contributed by atoms with E-state index in [9.17, 15) is 13.2 Å². The summed E-state index contributed by atoms with van der Waals surface area (Å²) in [5.74, 6) is -1.63. The summed E-state index contributed by atoms with van der Waals surface area (Å²) in [6, 6.07) is 7.97. The van der Waals surface area contributed by atoms with Gasteiger partial charge in [0.15, 0.2) is 0 Å². The smallest absolute Gasteiger partial charge is 0.133 e. The van der Waals surface area contributed by atoms with Gasteiger partial charge in [0.2, 0.25) is 0 Å². The molecule has 0 bridgehead atoms. The summed E-state index contributed by atoms with van der Waals surface area (Å²) in [7, 11) is 0. The van der Waals surface area contributed by atoms with Crippen LogP contribution in [0.25, 0.3) is 11.1 Å². The Morgan fingerprint density at radius 3 is 2.35 bits per heavy atom. The van der Waals surface area contributed by atoms with Gasteiger partial charge in [0, 0.05) is 29.8 Å². The maximum atomic E-state index is 13.7. The molecule has 0 aliphatic rings. The second kappa shape index (κ2) is 6.09. The normalized spacial score (nSPS) is 11.1. The fraction of sp³-hybridized carbons (Fsp3) is 0.250. The van der Waals surface area contributed by atoms with Crippen LogP contribution >= 0.6 is 0 Å². The van der Waals surface area contributed by atoms with E-state index in [1.54, 1.807) is 6.07 Å². The van der Waals surface area contributed by atoms with Crippen molar-refractivity contribution in [2.24, 2.45) is 0 Å². The lowest BCUT2D eigenvalue weighted by Crippen LogP contribution is -2.22. The predicted octanol–water partition coefficient (Wildman–Crippen LogP) is 4.27. The van der Waals surface area contributed by atoms with Gasteiger partial charge in [0.05, 0.1) is 0 Å². The number of rotatable bonds is 4. The van der Waals surface area contributed by atoms with Crippen LogP contribution in [-0.4, -0.2) is 6.04 Å². The first-order valence-electron chi connectivity index (χ1n) is 6.44. The topological polar surface area (TPSA) is 12.0 Å². The van der Waals surface area contributed by atoms with Crippen LogP contribution < -0.4 is 5.32 Å². The Balaban J connectivity index is 2.35. The third kappa shape index (κ3) is 3.39. The van der Waals surface area contributed by atoms with E-state index < -0.39 is 11.6 Å². The maximum absolute atomic E-state index is 13.7. The highest BCUT2D eigenvalue weighted by Gasteiger charge is 2.10. The fourth-order valence-corrected chi connectivity index (χ4v) is 1.92. The standard InChI is InChI=1S/C16H16F3N/c1-10(2)20-9-12-7-11(3-6-15(12)18)14-5-4-13(17)8-16(14)19/h3-8,10,20H,9H2,1-2H3. The minimum Gasteiger partial charge on any atom is -0.310 e. The average Bonchev–Trinajstić information content (AvgIpc) is 2.38. The first-order valence-corrected chi connectivity index (χ1v) is 6.44. The van der Waals surface area contributed by atoms with Gasteiger partial charge in [-0.3, -0.25) is 0 Å². The van der Waals surface area contributed by atoms with Crippen molar-refractivity contribution in [2.75, 3.05) is 0 Å². The van der Waals surface area contributed by atoms with Gasteiger partial charge in [0.1, 0.15) is 17.5 Å². The van der Waals surface area contributed by atoms with Gasteiger partial charge in [-0.1, -0.05) is 19.9 Å². The lowest BCUT2D eigenvalue weighted by atomic mass is 10.0. The molecular weight excluding hydrogens is 263 g/mol. The van der Waals surface area contributed by atoms with E-state index in [4.69, 9.17) is 0 Å². The van der Waals surface area contributed by atoms with Crippen molar-refractivity contribution in [3.05, 3.63) is 59.4 Å². The van der Waals surface area contributed by atoms with E-state index >= 15 is 0 Å². The Morgan fingerprint density at radius 2 is 1.70 bits per heavy atom. The Morgan fingerprint density at radius 1 is 0.950 bits per heavy atom. The van der Waals surface area contributed by atoms with Gasteiger partial charge >= 0.3 is 0 Å². The highest BCUT2D eigenvalue weighted by atomic mass is 19.1. The molecule has 0 radical (unpaired) electrons. The van der Waals surface area contributed by atoms with Crippen LogP contribution in [0, 0.1) is 17.5 Å². The molecule has 0 saturated carbocycles. The molecule has 20 heavy (non-hydrogen) atoms. The Kier molecular flexibility index (Phi) is 4.45. The van der Waals surface area contributed by atoms with Crippen LogP contribution in [0.1, 0.15) is 19.4 Å². The van der Waals surface area contributed by atoms with E-state index in [0.29, 0.717) is 17.7 Å². The molecule has 0 fully saturated rings. The van der Waals surface area contributed by atoms with E-state index in [1.807, 2.05) is 13.8 Å². The first kappa shape index (κ1) is 14.6. The SMILES string of the molecule is CC(C)NCc1cc(-c2ccc(F)cc2F)ccc1F. The molecule has 4 heteroatoms. The summed E-state index contributed by atoms with van der Waals surface area (Å²) in [6.07, 6.45) is 0. The quantitative estimate of drug-likeness (QED) is 0.881. The molecule has 0 aliphatic heterocycles. The Hall–Kier alpha value is -1.81. The van der Waals surface area contributed by atoms with Crippen molar-refractivity contribution < 1.29 is 13.2 Å². The van der Waals surface area contributed by atoms with Crippen LogP contribution in [0.2, 0.25) is 0 Å². The van der Waals surface area contributed by atoms with Gasteiger partial charge in [-0.2, -0.15) is 0 Å². The van der Waals surface area contributed by atoms with Crippen molar-refractivity contribution in [1.82, 2.24) is 5.32 Å². The van der Waals surface area contributed by atoms with Crippen molar-refractivity contribution in [3.63, 3.8) is 0 Å². The molecule has 1 nitrogen and oxygen atoms in total. The van der Waals surface area contributed by atoms with E-state index in [-0.39, 0.29) is 17.4 Å². The van der Waals surface area contributed by atoms with Crippen LogP contribution in [0.3, 0.4) is 0 Å². The summed E-state index contributed by atoms with van der Waals surface area (Å²) < 4.78 is 40.3. The van der Waals surface area contributed by atoms with Crippen molar-refractivity contribution in [3.8, 4) is 11.1 Å². The number of halogens is 3. The highest BCUT2D eigenvalue weighted by Crippen LogP contribution is 2.25. The molecule has 1 N–H and O–H groups in total. The monoisotopic (exact) mass is 279 g/mol. The molecule has 0 amide bonds. The van der Waals surface area contributed by atoms with Gasteiger partial charge < -0.3 is 5.32 Å². The first-order chi connectivity index (χ1) is 9.47. The average molecular weight is 279 g/mol. The minimum absolute atomic E-state index is 0.223. The highest BCUT2D eigenvalue weighted by molar-refractivity contribution is 5.65. The molecule has 0 atom stereocenters. The zero-order valence-electron chi connectivity index (χ0n) is 11.4. The van der Waals surface area contributed by atoms with Crippen molar-refractivity contribution in [2.45, 2.75) is 26.4 Å². The molecule has 0 aromatic heterocycles. The van der Waals surface area contributed by atoms with Crippen LogP contribution in [0.5, 0.6) is 0 Å². The zero-order valence-corrected chi connectivity index (χ0v) is 11.4. The molecule has 106 valence electrons. The van der Waals surface area contributed by atoms with Crippen molar-refractivity contribution >= 4 is 0 Å². The van der Waals surface area contributed by atoms with E-state index in [2.05, 4.69) is 5.32 Å². The number of nitrogens with one attached hydrogen (secondary N) is 1. The predicted molar refractivity (Wildman–Crippen MR) is 73.7 cm³/mol. The van der Waals surface area contributed by atoms with E-state index in [0.717, 1.165) is 6.07 Å². The Labute approximate surface area is 116 Å². The molecule has 2 rings (SSSR count). The third-order valence-corrected chi connectivity index (χ3v) is 2.99. The molecule has 0 unspecified atom stereocenters. The fourth-order valence-electron chi connectivity index (χ4n) is 1.92.